The molecule has 0 fully saturated rings. The summed E-state index contributed by atoms with van der Waals surface area (Å²) in [6, 6.07) is 3.58. The highest BCUT2D eigenvalue weighted by atomic mass is 35.5. The summed E-state index contributed by atoms with van der Waals surface area (Å²) in [6.45, 7) is 4.97. The summed E-state index contributed by atoms with van der Waals surface area (Å²) >= 11 is 5.87. The summed E-state index contributed by atoms with van der Waals surface area (Å²) in [5.74, 6) is -0.870. The number of allylic oxidation sites excluding steroid dienone is 2. The highest BCUT2D eigenvalue weighted by molar-refractivity contribution is 6.34. The van der Waals surface area contributed by atoms with Crippen LogP contribution in [0.5, 0.6) is 0 Å². The number of nitro benzene ring substituents is 1. The van der Waals surface area contributed by atoms with E-state index in [4.69, 9.17) is 11.6 Å². The molecule has 0 aromatic heterocycles. The van der Waals surface area contributed by atoms with Crippen LogP contribution >= 0.6 is 11.6 Å². The van der Waals surface area contributed by atoms with E-state index in [-0.39, 0.29) is 28.6 Å². The third-order valence-corrected chi connectivity index (χ3v) is 2.99. The third kappa shape index (κ3) is 5.90. The predicted molar refractivity (Wildman–Crippen MR) is 87.1 cm³/mol. The van der Waals surface area contributed by atoms with Crippen LogP contribution in [0, 0.1) is 10.1 Å². The highest BCUT2D eigenvalue weighted by Crippen LogP contribution is 2.22. The molecule has 0 unspecified atom stereocenters. The van der Waals surface area contributed by atoms with Gasteiger partial charge in [0.25, 0.3) is 11.6 Å². The van der Waals surface area contributed by atoms with Gasteiger partial charge < -0.3 is 5.32 Å². The standard InChI is InChI=1S/C16H14ClFN2O3/c1-3-12(6-4-5-11(2)18)10-19-16(21)14-8-7-13(20(22)23)9-15(14)17/h3-5,7-9H,1,10H2,2H3,(H,19,21)/b11-5+. The first-order valence-corrected chi connectivity index (χ1v) is 6.85. The second kappa shape index (κ2) is 8.68. The molecule has 1 N–H and O–H groups in total. The van der Waals surface area contributed by atoms with Gasteiger partial charge >= 0.3 is 0 Å². The van der Waals surface area contributed by atoms with Crippen molar-refractivity contribution in [1.82, 2.24) is 5.32 Å². The van der Waals surface area contributed by atoms with Crippen LogP contribution in [0.4, 0.5) is 10.1 Å². The molecule has 0 saturated heterocycles. The number of non-ortho nitro benzene ring substituents is 1. The van der Waals surface area contributed by atoms with Gasteiger partial charge in [-0.25, -0.2) is 4.39 Å². The van der Waals surface area contributed by atoms with Crippen LogP contribution in [0.15, 0.2) is 60.1 Å². The number of hydrogen-bond acceptors (Lipinski definition) is 3. The van der Waals surface area contributed by atoms with Gasteiger partial charge in [0, 0.05) is 17.7 Å². The topological polar surface area (TPSA) is 72.2 Å². The minimum Gasteiger partial charge on any atom is -0.347 e. The molecule has 0 heterocycles. The van der Waals surface area contributed by atoms with E-state index in [1.54, 1.807) is 0 Å². The van der Waals surface area contributed by atoms with Crippen molar-refractivity contribution in [3.05, 3.63) is 80.8 Å². The summed E-state index contributed by atoms with van der Waals surface area (Å²) in [7, 11) is 0. The maximum Gasteiger partial charge on any atom is 0.270 e. The Kier molecular flexibility index (Phi) is 6.93. The average Bonchev–Trinajstić information content (AvgIpc) is 2.49. The van der Waals surface area contributed by atoms with E-state index >= 15 is 0 Å². The Hall–Kier alpha value is -2.69. The van der Waals surface area contributed by atoms with E-state index < -0.39 is 10.8 Å². The minimum absolute atomic E-state index is 0.0210. The Labute approximate surface area is 137 Å². The van der Waals surface area contributed by atoms with Crippen molar-refractivity contribution in [2.75, 3.05) is 6.54 Å². The molecule has 0 aliphatic rings. The van der Waals surface area contributed by atoms with Gasteiger partial charge in [0.1, 0.15) is 0 Å². The Morgan fingerprint density at radius 3 is 2.78 bits per heavy atom. The van der Waals surface area contributed by atoms with Crippen molar-refractivity contribution in [1.29, 1.82) is 0 Å². The summed E-state index contributed by atoms with van der Waals surface area (Å²) in [5, 5.41) is 13.2. The molecule has 0 atom stereocenters. The summed E-state index contributed by atoms with van der Waals surface area (Å²) < 4.78 is 12.5. The lowest BCUT2D eigenvalue weighted by Gasteiger charge is -2.06. The van der Waals surface area contributed by atoms with Crippen LogP contribution in [-0.4, -0.2) is 17.4 Å². The van der Waals surface area contributed by atoms with Crippen molar-refractivity contribution in [2.45, 2.75) is 6.92 Å². The zero-order valence-corrected chi connectivity index (χ0v) is 13.1. The Balaban J connectivity index is 2.84. The van der Waals surface area contributed by atoms with Gasteiger partial charge in [0.2, 0.25) is 0 Å². The maximum absolute atomic E-state index is 12.5. The molecule has 0 aliphatic carbocycles. The van der Waals surface area contributed by atoms with Crippen molar-refractivity contribution < 1.29 is 14.1 Å². The zero-order chi connectivity index (χ0) is 17.4. The highest BCUT2D eigenvalue weighted by Gasteiger charge is 2.14. The number of rotatable bonds is 6. The third-order valence-electron chi connectivity index (χ3n) is 2.68. The van der Waals surface area contributed by atoms with Crippen molar-refractivity contribution in [3.8, 4) is 0 Å². The van der Waals surface area contributed by atoms with E-state index in [0.717, 1.165) is 6.07 Å². The molecule has 1 aromatic carbocycles. The number of nitrogens with one attached hydrogen (secondary N) is 1. The van der Waals surface area contributed by atoms with Gasteiger partial charge in [-0.2, -0.15) is 0 Å². The quantitative estimate of drug-likeness (QED) is 0.367. The smallest absolute Gasteiger partial charge is 0.270 e. The molecule has 120 valence electrons. The molecule has 1 amide bonds. The molecule has 0 radical (unpaired) electrons. The first kappa shape index (κ1) is 18.4. The average molecular weight is 337 g/mol. The molecular weight excluding hydrogens is 323 g/mol. The summed E-state index contributed by atoms with van der Waals surface area (Å²) in [4.78, 5) is 22.1. The Bertz CT molecular complexity index is 731. The molecule has 7 heteroatoms. The van der Waals surface area contributed by atoms with Crippen LogP contribution in [0.2, 0.25) is 5.02 Å². The molecule has 1 rings (SSSR count). The number of carbonyl (C=O) groups is 1. The van der Waals surface area contributed by atoms with E-state index in [2.05, 4.69) is 17.6 Å². The molecule has 0 bridgehead atoms. The monoisotopic (exact) mass is 336 g/mol. The van der Waals surface area contributed by atoms with Crippen LogP contribution in [-0.2, 0) is 0 Å². The van der Waals surface area contributed by atoms with Gasteiger partial charge in [0.15, 0.2) is 0 Å². The first-order valence-electron chi connectivity index (χ1n) is 6.47. The molecule has 0 spiro atoms. The van der Waals surface area contributed by atoms with Gasteiger partial charge in [0.05, 0.1) is 27.9 Å². The number of amides is 1. The van der Waals surface area contributed by atoms with Gasteiger partial charge in [-0.3, -0.25) is 14.9 Å². The Morgan fingerprint density at radius 1 is 1.57 bits per heavy atom. The summed E-state index contributed by atoms with van der Waals surface area (Å²) in [6.07, 6.45) is 4.06. The lowest BCUT2D eigenvalue weighted by Crippen LogP contribution is -2.25. The molecular formula is C16H14ClFN2O3. The number of halogens is 2. The predicted octanol–water partition coefficient (Wildman–Crippen LogP) is 4.12. The fourth-order valence-electron chi connectivity index (χ4n) is 1.52. The van der Waals surface area contributed by atoms with E-state index in [1.807, 2.05) is 0 Å². The number of carbonyl (C=O) groups excluding carboxylic acids is 1. The van der Waals surface area contributed by atoms with E-state index in [9.17, 15) is 19.3 Å². The summed E-state index contributed by atoms with van der Waals surface area (Å²) in [5.41, 5.74) is 3.22. The second-order valence-electron chi connectivity index (χ2n) is 4.40. The molecule has 5 nitrogen and oxygen atoms in total. The van der Waals surface area contributed by atoms with Crippen molar-refractivity contribution >= 4 is 23.2 Å². The number of benzene rings is 1. The lowest BCUT2D eigenvalue weighted by molar-refractivity contribution is -0.384. The van der Waals surface area contributed by atoms with Gasteiger partial charge in [-0.05, 0) is 25.1 Å². The van der Waals surface area contributed by atoms with Gasteiger partial charge in [-0.15, -0.1) is 5.73 Å². The van der Waals surface area contributed by atoms with Crippen LogP contribution in [0.1, 0.15) is 17.3 Å². The zero-order valence-electron chi connectivity index (χ0n) is 12.3. The fourth-order valence-corrected chi connectivity index (χ4v) is 1.78. The van der Waals surface area contributed by atoms with Gasteiger partial charge in [-0.1, -0.05) is 24.3 Å². The lowest BCUT2D eigenvalue weighted by atomic mass is 10.2. The molecule has 23 heavy (non-hydrogen) atoms. The normalized spacial score (nSPS) is 10.5. The van der Waals surface area contributed by atoms with E-state index in [0.29, 0.717) is 5.57 Å². The number of nitro groups is 1. The van der Waals surface area contributed by atoms with Crippen molar-refractivity contribution in [3.63, 3.8) is 0 Å². The molecule has 1 aromatic rings. The van der Waals surface area contributed by atoms with Crippen LogP contribution in [0.25, 0.3) is 0 Å². The largest absolute Gasteiger partial charge is 0.347 e. The molecule has 0 saturated carbocycles. The van der Waals surface area contributed by atoms with Crippen molar-refractivity contribution in [2.24, 2.45) is 0 Å². The Morgan fingerprint density at radius 2 is 2.26 bits per heavy atom. The number of nitrogens with zero attached hydrogens (tertiary/aromatic N) is 1. The van der Waals surface area contributed by atoms with Crippen LogP contribution in [0.3, 0.4) is 0 Å². The van der Waals surface area contributed by atoms with E-state index in [1.165, 1.54) is 37.3 Å². The fraction of sp³-hybridized carbons (Fsp3) is 0.125. The first-order chi connectivity index (χ1) is 10.8. The number of hydrogen-bond donors (Lipinski definition) is 1. The SMILES string of the molecule is C=CC(=C=C/C=C(\C)F)CNC(=O)c1ccc([N+](=O)[O-])cc1Cl. The molecule has 0 aliphatic heterocycles. The minimum atomic E-state index is -0.600. The van der Waals surface area contributed by atoms with Crippen LogP contribution < -0.4 is 5.32 Å². The maximum atomic E-state index is 12.5. The second-order valence-corrected chi connectivity index (χ2v) is 4.80.